The standard InChI is InChI=1S/C11H20N4/c1-9-6-10(15(3)14-9)13-8-11(2)4-5-12-7-11/h6,12-13H,4-5,7-8H2,1-3H3. The summed E-state index contributed by atoms with van der Waals surface area (Å²) in [5, 5.41) is 11.2. The zero-order valence-corrected chi connectivity index (χ0v) is 9.80. The smallest absolute Gasteiger partial charge is 0.124 e. The van der Waals surface area contributed by atoms with Crippen LogP contribution in [0.1, 0.15) is 19.0 Å². The summed E-state index contributed by atoms with van der Waals surface area (Å²) >= 11 is 0. The average molecular weight is 208 g/mol. The summed E-state index contributed by atoms with van der Waals surface area (Å²) in [6.07, 6.45) is 1.25. The molecule has 2 N–H and O–H groups in total. The van der Waals surface area contributed by atoms with Gasteiger partial charge in [-0.05, 0) is 25.3 Å². The largest absolute Gasteiger partial charge is 0.370 e. The third-order valence-corrected chi connectivity index (χ3v) is 3.16. The molecule has 0 bridgehead atoms. The van der Waals surface area contributed by atoms with E-state index in [1.54, 1.807) is 0 Å². The van der Waals surface area contributed by atoms with Gasteiger partial charge in [0, 0.05) is 26.2 Å². The van der Waals surface area contributed by atoms with E-state index in [0.29, 0.717) is 5.41 Å². The van der Waals surface area contributed by atoms with E-state index >= 15 is 0 Å². The Labute approximate surface area is 91.1 Å². The maximum atomic E-state index is 4.32. The molecule has 0 saturated carbocycles. The molecule has 0 amide bonds. The number of rotatable bonds is 3. The highest BCUT2D eigenvalue weighted by molar-refractivity contribution is 5.36. The predicted octanol–water partition coefficient (Wildman–Crippen LogP) is 1.14. The summed E-state index contributed by atoms with van der Waals surface area (Å²) in [6, 6.07) is 2.09. The molecule has 0 spiro atoms. The van der Waals surface area contributed by atoms with Crippen LogP contribution >= 0.6 is 0 Å². The topological polar surface area (TPSA) is 41.9 Å². The second-order valence-electron chi connectivity index (χ2n) is 4.89. The zero-order valence-electron chi connectivity index (χ0n) is 9.80. The Hall–Kier alpha value is -1.03. The minimum absolute atomic E-state index is 0.387. The molecule has 0 aromatic carbocycles. The van der Waals surface area contributed by atoms with E-state index in [2.05, 4.69) is 28.7 Å². The summed E-state index contributed by atoms with van der Waals surface area (Å²) in [5.74, 6) is 1.11. The Morgan fingerprint density at radius 3 is 3.00 bits per heavy atom. The molecule has 0 radical (unpaired) electrons. The lowest BCUT2D eigenvalue weighted by Gasteiger charge is -2.23. The molecule has 0 aliphatic carbocycles. The molecule has 2 rings (SSSR count). The van der Waals surface area contributed by atoms with Crippen LogP contribution in [0.25, 0.3) is 0 Å². The van der Waals surface area contributed by atoms with Crippen LogP contribution in [0.3, 0.4) is 0 Å². The Morgan fingerprint density at radius 1 is 1.67 bits per heavy atom. The van der Waals surface area contributed by atoms with Gasteiger partial charge in [0.05, 0.1) is 5.69 Å². The van der Waals surface area contributed by atoms with Crippen LogP contribution in [-0.4, -0.2) is 29.4 Å². The van der Waals surface area contributed by atoms with Crippen LogP contribution in [0, 0.1) is 12.3 Å². The van der Waals surface area contributed by atoms with Gasteiger partial charge in [-0.15, -0.1) is 0 Å². The quantitative estimate of drug-likeness (QED) is 0.782. The van der Waals surface area contributed by atoms with Gasteiger partial charge in [0.2, 0.25) is 0 Å². The number of nitrogens with one attached hydrogen (secondary N) is 2. The predicted molar refractivity (Wildman–Crippen MR) is 62.0 cm³/mol. The molecule has 1 fully saturated rings. The van der Waals surface area contributed by atoms with Crippen LogP contribution in [0.4, 0.5) is 5.82 Å². The first-order chi connectivity index (χ1) is 7.09. The molecule has 2 heterocycles. The van der Waals surface area contributed by atoms with E-state index < -0.39 is 0 Å². The van der Waals surface area contributed by atoms with Crippen molar-refractivity contribution in [3.63, 3.8) is 0 Å². The number of hydrogen-bond donors (Lipinski definition) is 2. The normalized spacial score (nSPS) is 25.8. The van der Waals surface area contributed by atoms with Crippen molar-refractivity contribution < 1.29 is 0 Å². The molecule has 4 heteroatoms. The SMILES string of the molecule is Cc1cc(NCC2(C)CCNC2)n(C)n1. The van der Waals surface area contributed by atoms with E-state index in [4.69, 9.17) is 0 Å². The van der Waals surface area contributed by atoms with Gasteiger partial charge in [0.15, 0.2) is 0 Å². The van der Waals surface area contributed by atoms with Crippen molar-refractivity contribution in [2.75, 3.05) is 25.0 Å². The molecule has 1 aliphatic rings. The minimum atomic E-state index is 0.387. The van der Waals surface area contributed by atoms with Crippen molar-refractivity contribution in [2.45, 2.75) is 20.3 Å². The molecular formula is C11H20N4. The number of anilines is 1. The first-order valence-electron chi connectivity index (χ1n) is 5.54. The lowest BCUT2D eigenvalue weighted by molar-refractivity contribution is 0.390. The fraction of sp³-hybridized carbons (Fsp3) is 0.727. The molecule has 4 nitrogen and oxygen atoms in total. The fourth-order valence-electron chi connectivity index (χ4n) is 2.10. The Balaban J connectivity index is 1.95. The van der Waals surface area contributed by atoms with E-state index in [0.717, 1.165) is 31.1 Å². The highest BCUT2D eigenvalue weighted by atomic mass is 15.3. The summed E-state index contributed by atoms with van der Waals surface area (Å²) in [4.78, 5) is 0. The van der Waals surface area contributed by atoms with Gasteiger partial charge >= 0.3 is 0 Å². The van der Waals surface area contributed by atoms with Crippen molar-refractivity contribution in [2.24, 2.45) is 12.5 Å². The monoisotopic (exact) mass is 208 g/mol. The second kappa shape index (κ2) is 3.85. The Morgan fingerprint density at radius 2 is 2.47 bits per heavy atom. The van der Waals surface area contributed by atoms with Crippen molar-refractivity contribution in [1.82, 2.24) is 15.1 Å². The highest BCUT2D eigenvalue weighted by Crippen LogP contribution is 2.24. The minimum Gasteiger partial charge on any atom is -0.370 e. The third-order valence-electron chi connectivity index (χ3n) is 3.16. The number of hydrogen-bond acceptors (Lipinski definition) is 3. The number of aromatic nitrogens is 2. The molecule has 1 unspecified atom stereocenters. The summed E-state index contributed by atoms with van der Waals surface area (Å²) in [7, 11) is 1.98. The lowest BCUT2D eigenvalue weighted by Crippen LogP contribution is -2.29. The van der Waals surface area contributed by atoms with Crippen LogP contribution in [0.15, 0.2) is 6.07 Å². The van der Waals surface area contributed by atoms with Crippen LogP contribution in [-0.2, 0) is 7.05 Å². The second-order valence-corrected chi connectivity index (χ2v) is 4.89. The first-order valence-corrected chi connectivity index (χ1v) is 5.54. The molecule has 84 valence electrons. The highest BCUT2D eigenvalue weighted by Gasteiger charge is 2.28. The number of aryl methyl sites for hydroxylation is 2. The van der Waals surface area contributed by atoms with Crippen LogP contribution < -0.4 is 10.6 Å². The Bertz CT molecular complexity index is 336. The van der Waals surface area contributed by atoms with E-state index in [-0.39, 0.29) is 0 Å². The van der Waals surface area contributed by atoms with Gasteiger partial charge in [-0.3, -0.25) is 4.68 Å². The van der Waals surface area contributed by atoms with Gasteiger partial charge in [-0.25, -0.2) is 0 Å². The van der Waals surface area contributed by atoms with E-state index in [1.807, 2.05) is 18.7 Å². The summed E-state index contributed by atoms with van der Waals surface area (Å²) < 4.78 is 1.90. The van der Waals surface area contributed by atoms with Crippen molar-refractivity contribution in [3.8, 4) is 0 Å². The average Bonchev–Trinajstić information content (AvgIpc) is 2.71. The molecule has 1 atom stereocenters. The van der Waals surface area contributed by atoms with Gasteiger partial charge in [0.1, 0.15) is 5.82 Å². The van der Waals surface area contributed by atoms with Gasteiger partial charge in [-0.1, -0.05) is 6.92 Å². The first kappa shape index (κ1) is 10.5. The fourth-order valence-corrected chi connectivity index (χ4v) is 2.10. The van der Waals surface area contributed by atoms with Gasteiger partial charge in [0.25, 0.3) is 0 Å². The van der Waals surface area contributed by atoms with Crippen LogP contribution in [0.5, 0.6) is 0 Å². The molecular weight excluding hydrogens is 188 g/mol. The van der Waals surface area contributed by atoms with Gasteiger partial charge < -0.3 is 10.6 Å². The molecule has 1 saturated heterocycles. The van der Waals surface area contributed by atoms with E-state index in [1.165, 1.54) is 6.42 Å². The van der Waals surface area contributed by atoms with Gasteiger partial charge in [-0.2, -0.15) is 5.10 Å². The zero-order chi connectivity index (χ0) is 10.9. The third kappa shape index (κ3) is 2.31. The van der Waals surface area contributed by atoms with E-state index in [9.17, 15) is 0 Å². The maximum Gasteiger partial charge on any atom is 0.124 e. The molecule has 1 aromatic rings. The number of nitrogens with zero attached hydrogens (tertiary/aromatic N) is 2. The molecule has 1 aromatic heterocycles. The molecule has 15 heavy (non-hydrogen) atoms. The maximum absolute atomic E-state index is 4.32. The van der Waals surface area contributed by atoms with Crippen molar-refractivity contribution in [3.05, 3.63) is 11.8 Å². The van der Waals surface area contributed by atoms with Crippen molar-refractivity contribution >= 4 is 5.82 Å². The Kier molecular flexibility index (Phi) is 2.69. The lowest BCUT2D eigenvalue weighted by atomic mass is 9.90. The summed E-state index contributed by atoms with van der Waals surface area (Å²) in [5.41, 5.74) is 1.45. The molecule has 1 aliphatic heterocycles. The van der Waals surface area contributed by atoms with Crippen LogP contribution in [0.2, 0.25) is 0 Å². The summed E-state index contributed by atoms with van der Waals surface area (Å²) in [6.45, 7) is 7.60. The van der Waals surface area contributed by atoms with Crippen molar-refractivity contribution in [1.29, 1.82) is 0 Å².